The highest BCUT2D eigenvalue weighted by molar-refractivity contribution is 6.39. The first kappa shape index (κ1) is 113. The molecule has 6 aromatic rings. The van der Waals surface area contributed by atoms with Gasteiger partial charge in [-0.15, -0.1) is 5.10 Å². The molecule has 40 heteroatoms. The number of alkyl halides is 3. The summed E-state index contributed by atoms with van der Waals surface area (Å²) in [5.41, 5.74) is 10.3. The van der Waals surface area contributed by atoms with Gasteiger partial charge in [0.1, 0.15) is 30.1 Å². The number of cyclic esters (lactones) is 1. The number of aromatic nitrogens is 7. The number of nitrogens with two attached hydrogens (primary N) is 1. The zero-order chi connectivity index (χ0) is 103. The number of ether oxygens (including phenoxy) is 14. The molecule has 4 aliphatic heterocycles. The van der Waals surface area contributed by atoms with Gasteiger partial charge in [-0.05, 0) is 163 Å². The number of fused-ring (bicyclic) bond motifs is 6. The van der Waals surface area contributed by atoms with Gasteiger partial charge >= 0.3 is 23.9 Å². The quantitative estimate of drug-likeness (QED) is 0.0103. The molecule has 1 saturated carbocycles. The molecule has 11 rings (SSSR count). The van der Waals surface area contributed by atoms with E-state index in [1.807, 2.05) is 37.4 Å². The number of esters is 1. The van der Waals surface area contributed by atoms with E-state index in [0.717, 1.165) is 40.6 Å². The van der Waals surface area contributed by atoms with Crippen molar-refractivity contribution in [3.8, 4) is 22.7 Å². The molecule has 37 nitrogen and oxygen atoms in total. The second kappa shape index (κ2) is 56.5. The van der Waals surface area contributed by atoms with E-state index >= 15 is 13.2 Å². The van der Waals surface area contributed by atoms with E-state index in [-0.39, 0.29) is 125 Å². The largest absolute Gasteiger partial charge is 0.481 e. The third-order valence-corrected chi connectivity index (χ3v) is 27.2. The number of ketones is 3. The molecule has 4 fully saturated rings. The molecule has 0 radical (unpaired) electrons. The first-order valence-electron chi connectivity index (χ1n) is 49.9. The molecule has 5 aliphatic rings. The molecule has 8 heterocycles. The maximum atomic E-state index is 15.0. The normalized spacial score (nSPS) is 25.0. The van der Waals surface area contributed by atoms with E-state index in [1.54, 1.807) is 105 Å². The summed E-state index contributed by atoms with van der Waals surface area (Å²) in [5, 5.41) is 46.8. The van der Waals surface area contributed by atoms with Crippen molar-refractivity contribution in [2.75, 3.05) is 171 Å². The number of aliphatic hydroxyl groups is 3. The molecular formula is C103H145F3N12O25. The number of imidazole rings is 1. The number of halogens is 3. The summed E-state index contributed by atoms with van der Waals surface area (Å²) >= 11 is 0. The Balaban J connectivity index is 0.507. The fraction of sp³-hybridized carbons (Fsp3) is 0.631. The molecule has 788 valence electrons. The number of unbranched alkanes of at least 4 members (excludes halogenated alkanes) is 1. The second-order valence-electron chi connectivity index (χ2n) is 37.5. The van der Waals surface area contributed by atoms with Crippen LogP contribution in [0.15, 0.2) is 120 Å². The third-order valence-electron chi connectivity index (χ3n) is 27.2. The lowest BCUT2D eigenvalue weighted by Gasteiger charge is -2.43. The van der Waals surface area contributed by atoms with E-state index in [2.05, 4.69) is 25.6 Å². The Morgan fingerprint density at radius 3 is 1.99 bits per heavy atom. The summed E-state index contributed by atoms with van der Waals surface area (Å²) in [6, 6.07) is 10.1. The van der Waals surface area contributed by atoms with Crippen LogP contribution in [0.1, 0.15) is 149 Å². The van der Waals surface area contributed by atoms with E-state index in [0.29, 0.717) is 197 Å². The van der Waals surface area contributed by atoms with Gasteiger partial charge in [-0.3, -0.25) is 38.1 Å². The second-order valence-corrected chi connectivity index (χ2v) is 37.5. The smallest absolute Gasteiger partial charge is 0.418 e. The number of methoxy groups -OCH3 is 3. The minimum absolute atomic E-state index is 0.0233. The standard InChI is InChI=1S/C103H145F3N12O25/c1-67-18-12-11-13-19-68(2)83(110-100(127)132-10)62-78-27-22-72(6)102(129,143-78)97(124)98(125)117-33-16-14-21-85(117)99(126)142-89(63-87(119)69(3)57-71(5)95(122)96(123)94(121)70(4)56-67)81(107)58-73-23-30-88(90(59-73)130-8)141-39-17-15-20-76-66-116(112-111-76)38-41-134-43-45-136-47-49-138-51-53-140-55-54-139-52-50-137-48-46-135-44-42-133-40-32-92(120)115-36-34-114(35-37-115)84-29-26-77(61-80(84)103(104,105)106)118-93-79-60-74(75-25-31-91(131-9)109-64-75)24-28-82(79)108-65-86(93)113(7)101(118)128/h11-13,18-19,24-26,28-29,31,57,60-61,64-67,69-70,72-73,78,81,83,85,88-90,95-96,122-123,129H,14-17,20-23,27,30,32-56,58-59,62-63,107H2,1-10H3,(H,110,127)/b13-11?,18-12+,68-19?,71-57+/t67-,69-,70-,72-,73+,78+,81-,83+,85+,88-,89+,90-,95-,96+,102-/m1/s1. The summed E-state index contributed by atoms with van der Waals surface area (Å²) in [7, 11) is 5.93. The Morgan fingerprint density at radius 1 is 0.685 bits per heavy atom. The van der Waals surface area contributed by atoms with Crippen molar-refractivity contribution in [1.29, 1.82) is 0 Å². The molecule has 3 amide bonds. The van der Waals surface area contributed by atoms with E-state index in [9.17, 15) is 53.7 Å². The molecule has 0 unspecified atom stereocenters. The number of piperazine rings is 1. The van der Waals surface area contributed by atoms with Crippen LogP contribution in [-0.2, 0) is 117 Å². The highest BCUT2D eigenvalue weighted by atomic mass is 19.4. The number of aliphatic hydroxyl groups excluding tert-OH is 2. The first-order valence-corrected chi connectivity index (χ1v) is 49.9. The average molecular weight is 2010 g/mol. The summed E-state index contributed by atoms with van der Waals surface area (Å²) < 4.78 is 130. The van der Waals surface area contributed by atoms with Crippen molar-refractivity contribution in [3.63, 3.8) is 0 Å². The van der Waals surface area contributed by atoms with E-state index in [1.165, 1.54) is 48.5 Å². The number of benzene rings is 2. The van der Waals surface area contributed by atoms with Crippen molar-refractivity contribution < 1.29 is 128 Å². The molecule has 1 aliphatic carbocycles. The number of pyridine rings is 2. The van der Waals surface area contributed by atoms with Crippen molar-refractivity contribution >= 4 is 68.9 Å². The minimum Gasteiger partial charge on any atom is -0.481 e. The molecule has 6 N–H and O–H groups in total. The lowest BCUT2D eigenvalue weighted by molar-refractivity contribution is -0.264. The Kier molecular flexibility index (Phi) is 44.7. The van der Waals surface area contributed by atoms with Gasteiger partial charge in [0.25, 0.3) is 11.7 Å². The lowest BCUT2D eigenvalue weighted by Crippen LogP contribution is -2.61. The summed E-state index contributed by atoms with van der Waals surface area (Å²) in [6.07, 6.45) is 10.3. The zero-order valence-corrected chi connectivity index (χ0v) is 84.0. The fourth-order valence-electron chi connectivity index (χ4n) is 18.7. The number of amides is 3. The van der Waals surface area contributed by atoms with Gasteiger partial charge < -0.3 is 107 Å². The van der Waals surface area contributed by atoms with Crippen molar-refractivity contribution in [3.05, 3.63) is 136 Å². The van der Waals surface area contributed by atoms with Gasteiger partial charge in [-0.1, -0.05) is 81.0 Å². The number of nitrogens with one attached hydrogen (secondary N) is 1. The topological polar surface area (TPSA) is 441 Å². The van der Waals surface area contributed by atoms with Crippen LogP contribution in [0, 0.1) is 29.6 Å². The average Bonchev–Trinajstić information content (AvgIpc) is 1.58. The van der Waals surface area contributed by atoms with Crippen LogP contribution in [0.3, 0.4) is 0 Å². The Morgan fingerprint density at radius 2 is 1.35 bits per heavy atom. The van der Waals surface area contributed by atoms with Gasteiger partial charge in [0.2, 0.25) is 17.6 Å². The molecular weight excluding hydrogens is 1860 g/mol. The maximum absolute atomic E-state index is 15.0. The summed E-state index contributed by atoms with van der Waals surface area (Å²) in [4.78, 5) is 125. The number of hydrogen-bond acceptors (Lipinski definition) is 31. The van der Waals surface area contributed by atoms with Crippen LogP contribution in [0.5, 0.6) is 5.88 Å². The van der Waals surface area contributed by atoms with E-state index in [4.69, 9.17) is 72.0 Å². The molecule has 143 heavy (non-hydrogen) atoms. The van der Waals surface area contributed by atoms with Gasteiger partial charge in [0.05, 0.1) is 197 Å². The van der Waals surface area contributed by atoms with Gasteiger partial charge in [-0.2, -0.15) is 13.2 Å². The zero-order valence-electron chi connectivity index (χ0n) is 84.0. The highest BCUT2D eigenvalue weighted by Crippen LogP contribution is 2.42. The number of hydrogen-bond donors (Lipinski definition) is 5. The monoisotopic (exact) mass is 2010 g/mol. The van der Waals surface area contributed by atoms with Crippen molar-refractivity contribution in [2.24, 2.45) is 42.4 Å². The van der Waals surface area contributed by atoms with Crippen molar-refractivity contribution in [1.82, 2.24) is 49.2 Å². The van der Waals surface area contributed by atoms with Crippen LogP contribution in [0.4, 0.5) is 23.7 Å². The Hall–Kier alpha value is -10.2. The predicted molar refractivity (Wildman–Crippen MR) is 523 cm³/mol. The van der Waals surface area contributed by atoms with Gasteiger partial charge in [-0.25, -0.2) is 24.0 Å². The third kappa shape index (κ3) is 32.7. The first-order chi connectivity index (χ1) is 68.8. The van der Waals surface area contributed by atoms with Gasteiger partial charge in [0, 0.05) is 119 Å². The molecule has 2 bridgehead atoms. The Labute approximate surface area is 832 Å². The number of carbonyl (C=O) groups is 7. The molecule has 3 saturated heterocycles. The van der Waals surface area contributed by atoms with Gasteiger partial charge in [0.15, 0.2) is 5.78 Å². The summed E-state index contributed by atoms with van der Waals surface area (Å²) in [5.74, 6) is -9.22. The van der Waals surface area contributed by atoms with Crippen LogP contribution >= 0.6 is 0 Å². The molecule has 0 spiro atoms. The highest BCUT2D eigenvalue weighted by Gasteiger charge is 2.54. The van der Waals surface area contributed by atoms with Crippen molar-refractivity contribution in [2.45, 2.75) is 218 Å². The Bertz CT molecular complexity index is 5290. The number of anilines is 1. The number of Topliss-reactive ketones (excluding diaryl/α,β-unsaturated/α-hetero) is 3. The van der Waals surface area contributed by atoms with Crippen LogP contribution in [0.2, 0.25) is 0 Å². The number of rotatable bonds is 42. The molecule has 15 atom stereocenters. The molecule has 2 aromatic carbocycles. The number of allylic oxidation sites excluding steroid dienone is 6. The van der Waals surface area contributed by atoms with Crippen LogP contribution < -0.4 is 26.4 Å². The lowest BCUT2D eigenvalue weighted by atomic mass is 9.80. The van der Waals surface area contributed by atoms with E-state index < -0.39 is 119 Å². The van der Waals surface area contributed by atoms with Crippen LogP contribution in [-0.4, -0.2) is 327 Å². The number of carbonyl (C=O) groups excluding carboxylic acids is 7. The number of alkyl carbamates (subject to hydrolysis) is 1. The number of piperidine rings is 1. The molecule has 4 aromatic heterocycles. The summed E-state index contributed by atoms with van der Waals surface area (Å²) in [6.45, 7) is 17.5. The maximum Gasteiger partial charge on any atom is 0.418 e. The number of nitrogens with zero attached hydrogens (tertiary/aromatic N) is 10. The van der Waals surface area contributed by atoms with Crippen LogP contribution in [0.25, 0.3) is 38.8 Å². The SMILES string of the molecule is COC(=O)N[C@H]1C[C@@H]2CC[C@@H](C)[C@@](O)(O2)C(=O)C(=O)N2CCCC[C@H]2C(=O)O[C@H]([C@H](N)C[C@@H]2CC[C@@H](OCCCCc3cn(CCOCCOCCOCCOCCOCCOCCOCCOCCC(=O)N4CCN(c5ccc(-n6c(=O)n(C)c7cnc8ccc(-c9ccc(OC)nc9)cc8c76)cc5C(F)(F)F)CC4)nn3)[C@H](OC)C2)CC(=O)[C@H](C)/C=C(\C)[C@@H](O)[C@@H](O)C(=O)[C@H](C)C[C@H](C)/C=C/C=CC=C1C. The number of aryl methyl sites for hydroxylation is 2. The fourth-order valence-corrected chi connectivity index (χ4v) is 18.7. The minimum atomic E-state index is -4.77. The predicted octanol–water partition coefficient (Wildman–Crippen LogP) is 9.72.